The smallest absolute Gasteiger partial charge is 0.338 e. The van der Waals surface area contributed by atoms with Crippen molar-refractivity contribution in [3.05, 3.63) is 76.0 Å². The minimum absolute atomic E-state index is 0.263. The number of carbonyl (C=O) groups is 2. The molecule has 6 nitrogen and oxygen atoms in total. The number of hydrogen-bond acceptors (Lipinski definition) is 4. The lowest BCUT2D eigenvalue weighted by Gasteiger charge is -2.29. The van der Waals surface area contributed by atoms with Crippen LogP contribution in [0.4, 0.5) is 4.79 Å². The Morgan fingerprint density at radius 3 is 2.57 bits per heavy atom. The summed E-state index contributed by atoms with van der Waals surface area (Å²) in [7, 11) is 0. The number of ether oxygens (including phenoxy) is 2. The lowest BCUT2D eigenvalue weighted by atomic mass is 9.94. The van der Waals surface area contributed by atoms with Gasteiger partial charge in [0.15, 0.2) is 0 Å². The van der Waals surface area contributed by atoms with Gasteiger partial charge in [0, 0.05) is 10.7 Å². The molecule has 2 amide bonds. The van der Waals surface area contributed by atoms with Crippen LogP contribution >= 0.6 is 11.6 Å². The molecular formula is C23H25ClN2O4. The van der Waals surface area contributed by atoms with E-state index < -0.39 is 12.0 Å². The Hall–Kier alpha value is -2.99. The second-order valence-corrected chi connectivity index (χ2v) is 7.32. The van der Waals surface area contributed by atoms with Gasteiger partial charge in [-0.25, -0.2) is 9.59 Å². The molecule has 7 heteroatoms. The summed E-state index contributed by atoms with van der Waals surface area (Å²) in [6, 6.07) is 13.9. The van der Waals surface area contributed by atoms with Gasteiger partial charge < -0.3 is 20.1 Å². The Kier molecular flexibility index (Phi) is 7.36. The first-order chi connectivity index (χ1) is 14.5. The van der Waals surface area contributed by atoms with Crippen molar-refractivity contribution < 1.29 is 19.1 Å². The number of carbonyl (C=O) groups excluding carboxylic acids is 2. The van der Waals surface area contributed by atoms with Crippen LogP contribution in [-0.2, 0) is 16.1 Å². The van der Waals surface area contributed by atoms with Gasteiger partial charge in [0.05, 0.1) is 18.2 Å². The zero-order valence-electron chi connectivity index (χ0n) is 17.0. The summed E-state index contributed by atoms with van der Waals surface area (Å²) in [5, 5.41) is 6.25. The average molecular weight is 429 g/mol. The van der Waals surface area contributed by atoms with E-state index in [0.717, 1.165) is 17.5 Å². The second-order valence-electron chi connectivity index (χ2n) is 6.88. The number of esters is 1. The molecule has 1 aliphatic rings. The van der Waals surface area contributed by atoms with E-state index in [0.29, 0.717) is 35.1 Å². The Morgan fingerprint density at radius 1 is 1.13 bits per heavy atom. The number of hydrogen-bond donors (Lipinski definition) is 2. The second kappa shape index (κ2) is 10.2. The maximum Gasteiger partial charge on any atom is 0.338 e. The third-order valence-corrected chi connectivity index (χ3v) is 4.89. The van der Waals surface area contributed by atoms with Crippen LogP contribution in [0.5, 0.6) is 5.75 Å². The van der Waals surface area contributed by atoms with Crippen LogP contribution in [0.3, 0.4) is 0 Å². The van der Waals surface area contributed by atoms with Crippen molar-refractivity contribution >= 4 is 23.6 Å². The molecule has 2 aromatic rings. The van der Waals surface area contributed by atoms with Gasteiger partial charge in [-0.1, -0.05) is 49.2 Å². The Labute approximate surface area is 181 Å². The molecule has 1 aliphatic heterocycles. The van der Waals surface area contributed by atoms with E-state index in [1.54, 1.807) is 6.92 Å². The lowest BCUT2D eigenvalue weighted by Crippen LogP contribution is -2.46. The minimum Gasteiger partial charge on any atom is -0.489 e. The first-order valence-corrected chi connectivity index (χ1v) is 10.3. The topological polar surface area (TPSA) is 76.7 Å². The number of benzene rings is 2. The molecule has 1 atom stereocenters. The molecule has 1 heterocycles. The van der Waals surface area contributed by atoms with E-state index in [2.05, 4.69) is 10.6 Å². The van der Waals surface area contributed by atoms with Crippen LogP contribution in [0, 0.1) is 0 Å². The summed E-state index contributed by atoms with van der Waals surface area (Å²) in [6.45, 7) is 4.40. The monoisotopic (exact) mass is 428 g/mol. The van der Waals surface area contributed by atoms with Gasteiger partial charge in [-0.15, -0.1) is 0 Å². The molecule has 0 bridgehead atoms. The van der Waals surface area contributed by atoms with E-state index >= 15 is 0 Å². The van der Waals surface area contributed by atoms with E-state index in [4.69, 9.17) is 21.1 Å². The van der Waals surface area contributed by atoms with Crippen molar-refractivity contribution in [3.8, 4) is 5.75 Å². The molecule has 0 radical (unpaired) electrons. The van der Waals surface area contributed by atoms with Crippen LogP contribution in [0.25, 0.3) is 0 Å². The van der Waals surface area contributed by atoms with Gasteiger partial charge in [-0.05, 0) is 48.7 Å². The molecule has 0 fully saturated rings. The fourth-order valence-corrected chi connectivity index (χ4v) is 3.53. The van der Waals surface area contributed by atoms with Gasteiger partial charge in [-0.3, -0.25) is 0 Å². The summed E-state index contributed by atoms with van der Waals surface area (Å²) >= 11 is 6.00. The van der Waals surface area contributed by atoms with Crippen LogP contribution in [0.15, 0.2) is 59.8 Å². The minimum atomic E-state index is -0.582. The van der Waals surface area contributed by atoms with Crippen LogP contribution in [-0.4, -0.2) is 18.6 Å². The van der Waals surface area contributed by atoms with Crippen molar-refractivity contribution in [2.45, 2.75) is 39.3 Å². The molecule has 0 aliphatic carbocycles. The van der Waals surface area contributed by atoms with Crippen LogP contribution < -0.4 is 15.4 Å². The highest BCUT2D eigenvalue weighted by molar-refractivity contribution is 6.30. The van der Waals surface area contributed by atoms with Gasteiger partial charge in [-0.2, -0.15) is 0 Å². The number of amides is 2. The van der Waals surface area contributed by atoms with E-state index in [9.17, 15) is 9.59 Å². The van der Waals surface area contributed by atoms with Crippen molar-refractivity contribution in [1.29, 1.82) is 0 Å². The molecule has 2 N–H and O–H groups in total. The van der Waals surface area contributed by atoms with Gasteiger partial charge in [0.1, 0.15) is 12.4 Å². The number of urea groups is 1. The molecule has 0 aromatic heterocycles. The quantitative estimate of drug-likeness (QED) is 0.587. The van der Waals surface area contributed by atoms with Crippen LogP contribution in [0.2, 0.25) is 5.02 Å². The molecule has 0 saturated heterocycles. The Bertz CT molecular complexity index is 940. The van der Waals surface area contributed by atoms with E-state index in [1.165, 1.54) is 0 Å². The lowest BCUT2D eigenvalue weighted by molar-refractivity contribution is -0.139. The maximum atomic E-state index is 12.6. The SMILES string of the molecule is CCCC1=C(C(=O)OCC)C(c2ccc(OCc3cccc(Cl)c3)cc2)NC(=O)N1. The molecule has 0 saturated carbocycles. The fourth-order valence-electron chi connectivity index (χ4n) is 3.31. The maximum absolute atomic E-state index is 12.6. The molecular weight excluding hydrogens is 404 g/mol. The van der Waals surface area contributed by atoms with Crippen molar-refractivity contribution in [2.24, 2.45) is 0 Å². The fraction of sp³-hybridized carbons (Fsp3) is 0.304. The highest BCUT2D eigenvalue weighted by Crippen LogP contribution is 2.30. The largest absolute Gasteiger partial charge is 0.489 e. The number of rotatable bonds is 8. The third kappa shape index (κ3) is 5.33. The van der Waals surface area contributed by atoms with E-state index in [-0.39, 0.29) is 12.6 Å². The summed E-state index contributed by atoms with van der Waals surface area (Å²) in [5.41, 5.74) is 2.78. The summed E-state index contributed by atoms with van der Waals surface area (Å²) in [4.78, 5) is 24.8. The highest BCUT2D eigenvalue weighted by Gasteiger charge is 2.33. The zero-order valence-corrected chi connectivity index (χ0v) is 17.8. The predicted molar refractivity (Wildman–Crippen MR) is 115 cm³/mol. The Morgan fingerprint density at radius 2 is 1.90 bits per heavy atom. The predicted octanol–water partition coefficient (Wildman–Crippen LogP) is 4.89. The average Bonchev–Trinajstić information content (AvgIpc) is 2.73. The molecule has 3 rings (SSSR count). The summed E-state index contributed by atoms with van der Waals surface area (Å²) in [5.74, 6) is 0.245. The molecule has 1 unspecified atom stereocenters. The van der Waals surface area contributed by atoms with Gasteiger partial charge in [0.25, 0.3) is 0 Å². The van der Waals surface area contributed by atoms with Crippen molar-refractivity contribution in [2.75, 3.05) is 6.61 Å². The van der Waals surface area contributed by atoms with Gasteiger partial charge in [0.2, 0.25) is 0 Å². The summed E-state index contributed by atoms with van der Waals surface area (Å²) in [6.07, 6.45) is 1.38. The van der Waals surface area contributed by atoms with Crippen molar-refractivity contribution in [3.63, 3.8) is 0 Å². The normalized spacial score (nSPS) is 16.0. The summed E-state index contributed by atoms with van der Waals surface area (Å²) < 4.78 is 11.1. The number of nitrogens with one attached hydrogen (secondary N) is 2. The number of allylic oxidation sites excluding steroid dienone is 1. The molecule has 0 spiro atoms. The van der Waals surface area contributed by atoms with Crippen LogP contribution in [0.1, 0.15) is 43.9 Å². The van der Waals surface area contributed by atoms with E-state index in [1.807, 2.05) is 55.5 Å². The first-order valence-electron chi connectivity index (χ1n) is 9.96. The van der Waals surface area contributed by atoms with Gasteiger partial charge >= 0.3 is 12.0 Å². The first kappa shape index (κ1) is 21.7. The van der Waals surface area contributed by atoms with Crippen molar-refractivity contribution in [1.82, 2.24) is 10.6 Å². The molecule has 30 heavy (non-hydrogen) atoms. The zero-order chi connectivity index (χ0) is 21.5. The number of halogens is 1. The molecule has 2 aromatic carbocycles. The standard InChI is InChI=1S/C23H25ClN2O4/c1-3-6-19-20(22(27)29-4-2)21(26-23(28)25-19)16-9-11-18(12-10-16)30-14-15-7-5-8-17(24)13-15/h5,7-13,21H,3-4,6,14H2,1-2H3,(H2,25,26,28). The Balaban J connectivity index is 1.80. The third-order valence-electron chi connectivity index (χ3n) is 4.66. The highest BCUT2D eigenvalue weighted by atomic mass is 35.5. The molecule has 158 valence electrons.